The van der Waals surface area contributed by atoms with E-state index < -0.39 is 0 Å². The second-order valence-electron chi connectivity index (χ2n) is 4.26. The number of aliphatic imine (C=N–C) groups is 1. The summed E-state index contributed by atoms with van der Waals surface area (Å²) in [5.74, 6) is 4.41. The average Bonchev–Trinajstić information content (AvgIpc) is 2.75. The monoisotopic (exact) mass is 230 g/mol. The second kappa shape index (κ2) is 4.79. The van der Waals surface area contributed by atoms with Gasteiger partial charge in [0.25, 0.3) is 0 Å². The molecular formula is C10H18N2S2. The molecule has 0 aromatic carbocycles. The standard InChI is InChI=1S/C10H18N2S2/c1-7(2)9-6-14-10(12-9)11-8-3-4-13-5-8/h7-9H,3-6H2,1-2H3,(H,11,12). The zero-order chi connectivity index (χ0) is 9.97. The van der Waals surface area contributed by atoms with Crippen molar-refractivity contribution in [1.29, 1.82) is 0 Å². The molecule has 2 heterocycles. The SMILES string of the molecule is CC(C)C1CSC(NC2CCSC2)=N1. The molecule has 2 aliphatic heterocycles. The van der Waals surface area contributed by atoms with Gasteiger partial charge >= 0.3 is 0 Å². The summed E-state index contributed by atoms with van der Waals surface area (Å²) in [5.41, 5.74) is 0. The minimum Gasteiger partial charge on any atom is -0.361 e. The lowest BCUT2D eigenvalue weighted by Gasteiger charge is -2.11. The fraction of sp³-hybridized carbons (Fsp3) is 0.900. The molecule has 0 spiro atoms. The van der Waals surface area contributed by atoms with Crippen LogP contribution in [0, 0.1) is 5.92 Å². The van der Waals surface area contributed by atoms with Gasteiger partial charge in [0.15, 0.2) is 5.17 Å². The first-order chi connectivity index (χ1) is 6.75. The molecule has 0 radical (unpaired) electrons. The molecule has 80 valence electrons. The molecule has 1 N–H and O–H groups in total. The summed E-state index contributed by atoms with van der Waals surface area (Å²) in [5, 5.41) is 4.75. The highest BCUT2D eigenvalue weighted by Crippen LogP contribution is 2.24. The molecule has 1 saturated heterocycles. The van der Waals surface area contributed by atoms with Crippen molar-refractivity contribution < 1.29 is 0 Å². The number of nitrogens with zero attached hydrogens (tertiary/aromatic N) is 1. The van der Waals surface area contributed by atoms with Gasteiger partial charge in [0.2, 0.25) is 0 Å². The third kappa shape index (κ3) is 2.60. The van der Waals surface area contributed by atoms with E-state index in [4.69, 9.17) is 4.99 Å². The first kappa shape index (κ1) is 10.7. The summed E-state index contributed by atoms with van der Waals surface area (Å²) in [7, 11) is 0. The first-order valence-corrected chi connectivity index (χ1v) is 7.44. The van der Waals surface area contributed by atoms with Crippen LogP contribution in [0.15, 0.2) is 4.99 Å². The first-order valence-electron chi connectivity index (χ1n) is 5.30. The highest BCUT2D eigenvalue weighted by Gasteiger charge is 2.24. The Morgan fingerprint density at radius 3 is 2.86 bits per heavy atom. The van der Waals surface area contributed by atoms with Gasteiger partial charge in [-0.3, -0.25) is 4.99 Å². The van der Waals surface area contributed by atoms with Crippen molar-refractivity contribution in [2.24, 2.45) is 10.9 Å². The van der Waals surface area contributed by atoms with E-state index in [2.05, 4.69) is 19.2 Å². The van der Waals surface area contributed by atoms with Gasteiger partial charge in [0, 0.05) is 17.5 Å². The molecule has 0 aromatic rings. The Balaban J connectivity index is 1.83. The summed E-state index contributed by atoms with van der Waals surface area (Å²) in [4.78, 5) is 4.71. The highest BCUT2D eigenvalue weighted by molar-refractivity contribution is 8.14. The Morgan fingerprint density at radius 2 is 2.29 bits per heavy atom. The normalized spacial score (nSPS) is 32.4. The van der Waals surface area contributed by atoms with Crippen molar-refractivity contribution in [2.75, 3.05) is 17.3 Å². The Labute approximate surface area is 94.7 Å². The number of amidine groups is 1. The average molecular weight is 230 g/mol. The molecule has 2 nitrogen and oxygen atoms in total. The summed E-state index contributed by atoms with van der Waals surface area (Å²) in [6.07, 6.45) is 1.30. The molecule has 0 aliphatic carbocycles. The molecule has 0 saturated carbocycles. The number of rotatable bonds is 2. The Bertz CT molecular complexity index is 222. The highest BCUT2D eigenvalue weighted by atomic mass is 32.2. The lowest BCUT2D eigenvalue weighted by Crippen LogP contribution is -2.32. The third-order valence-corrected chi connectivity index (χ3v) is 4.87. The maximum atomic E-state index is 4.71. The van der Waals surface area contributed by atoms with Gasteiger partial charge in [-0.1, -0.05) is 25.6 Å². The fourth-order valence-electron chi connectivity index (χ4n) is 1.63. The second-order valence-corrected chi connectivity index (χ2v) is 6.42. The molecule has 0 aromatic heterocycles. The minimum atomic E-state index is 0.538. The van der Waals surface area contributed by atoms with Crippen LogP contribution in [0.25, 0.3) is 0 Å². The Morgan fingerprint density at radius 1 is 1.43 bits per heavy atom. The van der Waals surface area contributed by atoms with E-state index in [-0.39, 0.29) is 0 Å². The molecule has 4 heteroatoms. The maximum Gasteiger partial charge on any atom is 0.157 e. The van der Waals surface area contributed by atoms with Crippen molar-refractivity contribution in [3.8, 4) is 0 Å². The van der Waals surface area contributed by atoms with Crippen LogP contribution in [-0.2, 0) is 0 Å². The minimum absolute atomic E-state index is 0.538. The zero-order valence-corrected chi connectivity index (χ0v) is 10.5. The topological polar surface area (TPSA) is 24.4 Å². The molecule has 0 amide bonds. The summed E-state index contributed by atoms with van der Waals surface area (Å²) >= 11 is 3.94. The van der Waals surface area contributed by atoms with E-state index in [0.29, 0.717) is 18.0 Å². The van der Waals surface area contributed by atoms with Crippen LogP contribution in [0.3, 0.4) is 0 Å². The van der Waals surface area contributed by atoms with Crippen LogP contribution in [-0.4, -0.2) is 34.5 Å². The van der Waals surface area contributed by atoms with E-state index in [1.54, 1.807) is 0 Å². The van der Waals surface area contributed by atoms with Gasteiger partial charge < -0.3 is 5.32 Å². The lowest BCUT2D eigenvalue weighted by molar-refractivity contribution is 0.541. The van der Waals surface area contributed by atoms with E-state index >= 15 is 0 Å². The van der Waals surface area contributed by atoms with Crippen molar-refractivity contribution >= 4 is 28.7 Å². The number of nitrogens with one attached hydrogen (secondary N) is 1. The van der Waals surface area contributed by atoms with Crippen molar-refractivity contribution in [3.05, 3.63) is 0 Å². The lowest BCUT2D eigenvalue weighted by atomic mass is 10.1. The predicted octanol–water partition coefficient (Wildman–Crippen LogP) is 2.21. The Hall–Kier alpha value is 0.170. The molecule has 1 fully saturated rings. The fourth-order valence-corrected chi connectivity index (χ4v) is 4.03. The quantitative estimate of drug-likeness (QED) is 0.787. The van der Waals surface area contributed by atoms with Crippen LogP contribution in [0.4, 0.5) is 0 Å². The number of hydrogen-bond acceptors (Lipinski definition) is 4. The van der Waals surface area contributed by atoms with Crippen LogP contribution < -0.4 is 5.32 Å². The Kier molecular flexibility index (Phi) is 3.66. The third-order valence-electron chi connectivity index (χ3n) is 2.70. The number of hydrogen-bond donors (Lipinski definition) is 1. The van der Waals surface area contributed by atoms with Crippen LogP contribution >= 0.6 is 23.5 Å². The van der Waals surface area contributed by atoms with Crippen LogP contribution in [0.5, 0.6) is 0 Å². The number of thioether (sulfide) groups is 2. The van der Waals surface area contributed by atoms with Crippen molar-refractivity contribution in [3.63, 3.8) is 0 Å². The molecule has 2 atom stereocenters. The summed E-state index contributed by atoms with van der Waals surface area (Å²) in [6.45, 7) is 4.51. The molecule has 14 heavy (non-hydrogen) atoms. The smallest absolute Gasteiger partial charge is 0.157 e. The van der Waals surface area contributed by atoms with Gasteiger partial charge in [0.05, 0.1) is 6.04 Å². The van der Waals surface area contributed by atoms with Crippen LogP contribution in [0.1, 0.15) is 20.3 Å². The largest absolute Gasteiger partial charge is 0.361 e. The van der Waals surface area contributed by atoms with E-state index in [1.807, 2.05) is 23.5 Å². The van der Waals surface area contributed by atoms with Gasteiger partial charge in [-0.05, 0) is 18.1 Å². The van der Waals surface area contributed by atoms with Gasteiger partial charge in [-0.15, -0.1) is 0 Å². The van der Waals surface area contributed by atoms with E-state index in [0.717, 1.165) is 0 Å². The van der Waals surface area contributed by atoms with Gasteiger partial charge in [-0.25, -0.2) is 0 Å². The van der Waals surface area contributed by atoms with E-state index in [1.165, 1.54) is 28.8 Å². The molecule has 0 bridgehead atoms. The zero-order valence-electron chi connectivity index (χ0n) is 8.82. The van der Waals surface area contributed by atoms with Crippen molar-refractivity contribution in [1.82, 2.24) is 5.32 Å². The molecule has 2 aliphatic rings. The van der Waals surface area contributed by atoms with E-state index in [9.17, 15) is 0 Å². The molecule has 2 rings (SSSR count). The maximum absolute atomic E-state index is 4.71. The van der Waals surface area contributed by atoms with Crippen LogP contribution in [0.2, 0.25) is 0 Å². The van der Waals surface area contributed by atoms with Crippen molar-refractivity contribution in [2.45, 2.75) is 32.4 Å². The molecule has 2 unspecified atom stereocenters. The summed E-state index contributed by atoms with van der Waals surface area (Å²) in [6, 6.07) is 1.22. The molecular weight excluding hydrogens is 212 g/mol. The predicted molar refractivity (Wildman–Crippen MR) is 67.4 cm³/mol. The van der Waals surface area contributed by atoms with Gasteiger partial charge in [-0.2, -0.15) is 11.8 Å². The summed E-state index contributed by atoms with van der Waals surface area (Å²) < 4.78 is 0. The van der Waals surface area contributed by atoms with Gasteiger partial charge in [0.1, 0.15) is 0 Å².